The molecule has 4 rings (SSSR count). The summed E-state index contributed by atoms with van der Waals surface area (Å²) in [5.41, 5.74) is 0.517. The van der Waals surface area contributed by atoms with E-state index in [9.17, 15) is 14.4 Å². The number of carbonyl (C=O) groups excluding carboxylic acids is 3. The van der Waals surface area contributed by atoms with Crippen LogP contribution in [0.4, 0.5) is 0 Å². The molecule has 4 heterocycles. The molecule has 3 aliphatic heterocycles. The summed E-state index contributed by atoms with van der Waals surface area (Å²) in [5, 5.41) is 3.04. The van der Waals surface area contributed by atoms with Crippen LogP contribution in [0.15, 0.2) is 6.20 Å². The molecule has 3 aliphatic rings. The second kappa shape index (κ2) is 7.80. The highest BCUT2D eigenvalue weighted by Gasteiger charge is 2.50. The van der Waals surface area contributed by atoms with Crippen LogP contribution in [0.25, 0.3) is 0 Å². The number of hydrogen-bond acceptors (Lipinski definition) is 4. The molecule has 0 aromatic carbocycles. The Hall–Kier alpha value is -2.38. The number of aromatic nitrogens is 2. The maximum absolute atomic E-state index is 13.0. The van der Waals surface area contributed by atoms with Gasteiger partial charge >= 0.3 is 0 Å². The van der Waals surface area contributed by atoms with Crippen LogP contribution in [0.2, 0.25) is 0 Å². The van der Waals surface area contributed by atoms with Crippen molar-refractivity contribution in [3.05, 3.63) is 17.7 Å². The zero-order chi connectivity index (χ0) is 20.7. The number of aryl methyl sites for hydroxylation is 1. The Bertz CT molecular complexity index is 804. The van der Waals surface area contributed by atoms with E-state index in [1.807, 2.05) is 25.7 Å². The number of nitrogens with one attached hydrogen (secondary N) is 2. The maximum Gasteiger partial charge on any atom is 0.271 e. The Balaban J connectivity index is 1.56. The number of amides is 3. The van der Waals surface area contributed by atoms with Crippen molar-refractivity contribution in [3.63, 3.8) is 0 Å². The largest absolute Gasteiger partial charge is 0.354 e. The number of fused-ring (bicyclic) bond motifs is 4. The zero-order valence-electron chi connectivity index (χ0n) is 17.5. The van der Waals surface area contributed by atoms with Crippen molar-refractivity contribution in [2.24, 2.45) is 17.8 Å². The lowest BCUT2D eigenvalue weighted by Crippen LogP contribution is -2.67. The highest BCUT2D eigenvalue weighted by atomic mass is 16.2. The first-order valence-corrected chi connectivity index (χ1v) is 10.7. The molecular weight excluding hydrogens is 370 g/mol. The number of imidazole rings is 1. The summed E-state index contributed by atoms with van der Waals surface area (Å²) < 4.78 is 0. The summed E-state index contributed by atoms with van der Waals surface area (Å²) in [6.45, 7) is 7.31. The van der Waals surface area contributed by atoms with Crippen molar-refractivity contribution in [1.82, 2.24) is 25.1 Å². The van der Waals surface area contributed by atoms with Gasteiger partial charge in [0.15, 0.2) is 0 Å². The van der Waals surface area contributed by atoms with E-state index in [0.29, 0.717) is 37.7 Å². The fourth-order valence-electron chi connectivity index (χ4n) is 5.31. The Labute approximate surface area is 171 Å². The van der Waals surface area contributed by atoms with Gasteiger partial charge in [-0.25, -0.2) is 4.98 Å². The molecule has 8 nitrogen and oxygen atoms in total. The third kappa shape index (κ3) is 3.76. The number of nitrogens with zero attached hydrogens (tertiary/aromatic N) is 3. The van der Waals surface area contributed by atoms with E-state index in [1.165, 1.54) is 0 Å². The van der Waals surface area contributed by atoms with E-state index >= 15 is 0 Å². The molecule has 3 amide bonds. The molecule has 0 spiro atoms. The molecule has 0 unspecified atom stereocenters. The van der Waals surface area contributed by atoms with Gasteiger partial charge in [0.1, 0.15) is 11.5 Å². The second-order valence-electron chi connectivity index (χ2n) is 9.08. The highest BCUT2D eigenvalue weighted by molar-refractivity contribution is 5.92. The van der Waals surface area contributed by atoms with Crippen molar-refractivity contribution in [2.45, 2.75) is 58.5 Å². The molecule has 4 atom stereocenters. The molecule has 0 aliphatic carbocycles. The number of aromatic amines is 1. The van der Waals surface area contributed by atoms with Crippen LogP contribution in [-0.2, 0) is 9.59 Å². The van der Waals surface area contributed by atoms with Crippen molar-refractivity contribution in [2.75, 3.05) is 19.6 Å². The van der Waals surface area contributed by atoms with Gasteiger partial charge < -0.3 is 20.1 Å². The van der Waals surface area contributed by atoms with Crippen LogP contribution in [0.1, 0.15) is 55.8 Å². The van der Waals surface area contributed by atoms with E-state index in [2.05, 4.69) is 20.2 Å². The smallest absolute Gasteiger partial charge is 0.271 e. The number of piperidine rings is 3. The van der Waals surface area contributed by atoms with Gasteiger partial charge in [-0.3, -0.25) is 14.4 Å². The fourth-order valence-corrected chi connectivity index (χ4v) is 5.31. The lowest BCUT2D eigenvalue weighted by molar-refractivity contribution is -0.152. The van der Waals surface area contributed by atoms with Crippen LogP contribution in [0.5, 0.6) is 0 Å². The molecule has 3 saturated heterocycles. The molecule has 1 aromatic heterocycles. The SMILES string of the molecule is Cc1ncc(C(=O)N2C[C@H]3C[C@@H](C2)[C@H](CNC(=O)C(C)C)N2C(=O)CCC[C@@H]32)[nH]1. The summed E-state index contributed by atoms with van der Waals surface area (Å²) >= 11 is 0. The number of likely N-dealkylation sites (tertiary alicyclic amines) is 1. The first kappa shape index (κ1) is 19.9. The Morgan fingerprint density at radius 1 is 1.31 bits per heavy atom. The van der Waals surface area contributed by atoms with Gasteiger partial charge in [0.25, 0.3) is 5.91 Å². The van der Waals surface area contributed by atoms with E-state index < -0.39 is 0 Å². The Morgan fingerprint density at radius 2 is 2.07 bits per heavy atom. The lowest BCUT2D eigenvalue weighted by Gasteiger charge is -2.56. The molecule has 1 aromatic rings. The lowest BCUT2D eigenvalue weighted by atomic mass is 9.72. The van der Waals surface area contributed by atoms with Gasteiger partial charge in [-0.2, -0.15) is 0 Å². The number of H-pyrrole nitrogens is 1. The molecule has 2 bridgehead atoms. The zero-order valence-corrected chi connectivity index (χ0v) is 17.5. The van der Waals surface area contributed by atoms with E-state index in [4.69, 9.17) is 0 Å². The van der Waals surface area contributed by atoms with Crippen LogP contribution < -0.4 is 5.32 Å². The summed E-state index contributed by atoms with van der Waals surface area (Å²) in [4.78, 5) is 49.2. The molecule has 3 fully saturated rings. The molecule has 8 heteroatoms. The molecule has 158 valence electrons. The molecule has 29 heavy (non-hydrogen) atoms. The summed E-state index contributed by atoms with van der Waals surface area (Å²) in [6, 6.07) is 0.110. The minimum absolute atomic E-state index is 0.00445. The first-order chi connectivity index (χ1) is 13.8. The van der Waals surface area contributed by atoms with Crippen molar-refractivity contribution in [3.8, 4) is 0 Å². The van der Waals surface area contributed by atoms with Gasteiger partial charge in [-0.15, -0.1) is 0 Å². The fraction of sp³-hybridized carbons (Fsp3) is 0.714. The van der Waals surface area contributed by atoms with Gasteiger partial charge in [0, 0.05) is 38.0 Å². The van der Waals surface area contributed by atoms with Crippen molar-refractivity contribution >= 4 is 17.7 Å². The first-order valence-electron chi connectivity index (χ1n) is 10.7. The quantitative estimate of drug-likeness (QED) is 0.795. The third-order valence-electron chi connectivity index (χ3n) is 6.73. The highest BCUT2D eigenvalue weighted by Crippen LogP contribution is 2.41. The van der Waals surface area contributed by atoms with E-state index in [-0.39, 0.29) is 41.6 Å². The minimum Gasteiger partial charge on any atom is -0.354 e. The summed E-state index contributed by atoms with van der Waals surface area (Å²) in [5.74, 6) is 1.28. The van der Waals surface area contributed by atoms with Crippen molar-refractivity contribution < 1.29 is 14.4 Å². The standard InChI is InChI=1S/C21H31N5O3/c1-12(2)20(28)23-9-18-15-7-14(17-5-4-6-19(27)26(17)18)10-25(11-15)21(29)16-8-22-13(3)24-16/h8,12,14-15,17-18H,4-7,9-11H2,1-3H3,(H,22,24)(H,23,28)/t14-,15+,17+,18+/m1/s1. The van der Waals surface area contributed by atoms with Crippen LogP contribution in [0.3, 0.4) is 0 Å². The predicted molar refractivity (Wildman–Crippen MR) is 107 cm³/mol. The summed E-state index contributed by atoms with van der Waals surface area (Å²) in [6.07, 6.45) is 5.06. The topological polar surface area (TPSA) is 98.4 Å². The third-order valence-corrected chi connectivity index (χ3v) is 6.73. The Kier molecular flexibility index (Phi) is 5.36. The Morgan fingerprint density at radius 3 is 2.76 bits per heavy atom. The van der Waals surface area contributed by atoms with Crippen LogP contribution in [-0.4, -0.2) is 69.2 Å². The van der Waals surface area contributed by atoms with Gasteiger partial charge in [-0.05, 0) is 38.0 Å². The van der Waals surface area contributed by atoms with Gasteiger partial charge in [-0.1, -0.05) is 13.8 Å². The maximum atomic E-state index is 13.0. The second-order valence-corrected chi connectivity index (χ2v) is 9.08. The van der Waals surface area contributed by atoms with E-state index in [1.54, 1.807) is 6.20 Å². The minimum atomic E-state index is -0.0905. The molecular formula is C21H31N5O3. The van der Waals surface area contributed by atoms with E-state index in [0.717, 1.165) is 25.1 Å². The molecule has 0 radical (unpaired) electrons. The number of hydrogen-bond donors (Lipinski definition) is 2. The average Bonchev–Trinajstić information content (AvgIpc) is 3.13. The molecule has 2 N–H and O–H groups in total. The van der Waals surface area contributed by atoms with Crippen LogP contribution >= 0.6 is 0 Å². The average molecular weight is 402 g/mol. The summed E-state index contributed by atoms with van der Waals surface area (Å²) in [7, 11) is 0. The normalized spacial score (nSPS) is 29.0. The number of carbonyl (C=O) groups is 3. The van der Waals surface area contributed by atoms with Crippen LogP contribution in [0, 0.1) is 24.7 Å². The van der Waals surface area contributed by atoms with Gasteiger partial charge in [0.2, 0.25) is 11.8 Å². The predicted octanol–water partition coefficient (Wildman–Crippen LogP) is 1.33. The number of rotatable bonds is 4. The molecule has 0 saturated carbocycles. The van der Waals surface area contributed by atoms with Crippen molar-refractivity contribution in [1.29, 1.82) is 0 Å². The monoisotopic (exact) mass is 401 g/mol. The van der Waals surface area contributed by atoms with Gasteiger partial charge in [0.05, 0.1) is 12.2 Å².